The maximum atomic E-state index is 12.0. The molecule has 0 aromatic heterocycles. The Hall–Kier alpha value is -1.84. The quantitative estimate of drug-likeness (QED) is 0.800. The number of carbonyl (C=O) groups excluding carboxylic acids is 2. The smallest absolute Gasteiger partial charge is 0.251 e. The van der Waals surface area contributed by atoms with Gasteiger partial charge >= 0.3 is 0 Å². The van der Waals surface area contributed by atoms with Gasteiger partial charge in [-0.25, -0.2) is 0 Å². The van der Waals surface area contributed by atoms with Gasteiger partial charge in [0, 0.05) is 18.2 Å². The minimum atomic E-state index is -0.286. The molecule has 2 amide bonds. The van der Waals surface area contributed by atoms with Crippen LogP contribution in [0.15, 0.2) is 24.3 Å². The van der Waals surface area contributed by atoms with E-state index >= 15 is 0 Å². The topological polar surface area (TPSA) is 58.2 Å². The van der Waals surface area contributed by atoms with Gasteiger partial charge in [-0.05, 0) is 25.5 Å². The van der Waals surface area contributed by atoms with Crippen LogP contribution in [0.4, 0.5) is 0 Å². The third-order valence-electron chi connectivity index (χ3n) is 2.79. The Labute approximate surface area is 100 Å². The van der Waals surface area contributed by atoms with Crippen LogP contribution in [0, 0.1) is 0 Å². The molecule has 0 aliphatic carbocycles. The van der Waals surface area contributed by atoms with Gasteiger partial charge < -0.3 is 10.6 Å². The van der Waals surface area contributed by atoms with Crippen molar-refractivity contribution >= 4 is 11.8 Å². The summed E-state index contributed by atoms with van der Waals surface area (Å²) >= 11 is 0. The molecule has 0 radical (unpaired) electrons. The number of benzene rings is 1. The SMILES string of the molecule is CC(C)NC(=O)C1CNC(=O)c2ccccc21. The van der Waals surface area contributed by atoms with E-state index in [1.807, 2.05) is 26.0 Å². The number of fused-ring (bicyclic) bond motifs is 1. The molecule has 1 unspecified atom stereocenters. The third kappa shape index (κ3) is 2.30. The van der Waals surface area contributed by atoms with Crippen LogP contribution in [0.25, 0.3) is 0 Å². The fourth-order valence-electron chi connectivity index (χ4n) is 2.03. The summed E-state index contributed by atoms with van der Waals surface area (Å²) in [6.07, 6.45) is 0. The van der Waals surface area contributed by atoms with E-state index in [9.17, 15) is 9.59 Å². The van der Waals surface area contributed by atoms with Crippen molar-refractivity contribution in [2.75, 3.05) is 6.54 Å². The second-order valence-electron chi connectivity index (χ2n) is 4.51. The molecule has 1 aromatic rings. The summed E-state index contributed by atoms with van der Waals surface area (Å²) in [7, 11) is 0. The van der Waals surface area contributed by atoms with Gasteiger partial charge in [-0.3, -0.25) is 9.59 Å². The highest BCUT2D eigenvalue weighted by atomic mass is 16.2. The summed E-state index contributed by atoms with van der Waals surface area (Å²) < 4.78 is 0. The summed E-state index contributed by atoms with van der Waals surface area (Å²) in [5.41, 5.74) is 1.41. The largest absolute Gasteiger partial charge is 0.353 e. The fourth-order valence-corrected chi connectivity index (χ4v) is 2.03. The van der Waals surface area contributed by atoms with E-state index in [4.69, 9.17) is 0 Å². The first kappa shape index (κ1) is 11.6. The lowest BCUT2D eigenvalue weighted by molar-refractivity contribution is -0.123. The summed E-state index contributed by atoms with van der Waals surface area (Å²) in [4.78, 5) is 23.6. The molecule has 4 heteroatoms. The van der Waals surface area contributed by atoms with Crippen LogP contribution in [0.1, 0.15) is 35.7 Å². The first-order chi connectivity index (χ1) is 8.09. The highest BCUT2D eigenvalue weighted by Crippen LogP contribution is 2.23. The van der Waals surface area contributed by atoms with Crippen molar-refractivity contribution in [2.45, 2.75) is 25.8 Å². The second kappa shape index (κ2) is 4.57. The molecule has 1 heterocycles. The van der Waals surface area contributed by atoms with Crippen molar-refractivity contribution in [3.63, 3.8) is 0 Å². The Bertz CT molecular complexity index is 454. The van der Waals surface area contributed by atoms with Gasteiger partial charge in [0.05, 0.1) is 5.92 Å². The van der Waals surface area contributed by atoms with Gasteiger partial charge in [-0.1, -0.05) is 18.2 Å². The molecule has 0 fully saturated rings. The zero-order valence-electron chi connectivity index (χ0n) is 9.99. The van der Waals surface area contributed by atoms with Crippen molar-refractivity contribution < 1.29 is 9.59 Å². The highest BCUT2D eigenvalue weighted by Gasteiger charge is 2.29. The Kier molecular flexibility index (Phi) is 3.13. The van der Waals surface area contributed by atoms with Gasteiger partial charge in [-0.15, -0.1) is 0 Å². The molecule has 1 atom stereocenters. The molecule has 0 saturated heterocycles. The van der Waals surface area contributed by atoms with Crippen LogP contribution in [-0.4, -0.2) is 24.4 Å². The molecule has 2 N–H and O–H groups in total. The van der Waals surface area contributed by atoms with Crippen molar-refractivity contribution in [3.05, 3.63) is 35.4 Å². The maximum Gasteiger partial charge on any atom is 0.251 e. The zero-order chi connectivity index (χ0) is 12.4. The number of nitrogens with one attached hydrogen (secondary N) is 2. The van der Waals surface area contributed by atoms with E-state index in [-0.39, 0.29) is 23.8 Å². The van der Waals surface area contributed by atoms with E-state index < -0.39 is 0 Å². The number of hydrogen-bond donors (Lipinski definition) is 2. The number of hydrogen-bond acceptors (Lipinski definition) is 2. The van der Waals surface area contributed by atoms with E-state index in [0.717, 1.165) is 5.56 Å². The molecule has 1 aromatic carbocycles. The van der Waals surface area contributed by atoms with Crippen LogP contribution >= 0.6 is 0 Å². The molecule has 1 aliphatic heterocycles. The van der Waals surface area contributed by atoms with Crippen molar-refractivity contribution in [2.24, 2.45) is 0 Å². The monoisotopic (exact) mass is 232 g/mol. The average molecular weight is 232 g/mol. The van der Waals surface area contributed by atoms with Crippen LogP contribution < -0.4 is 10.6 Å². The molecule has 4 nitrogen and oxygen atoms in total. The summed E-state index contributed by atoms with van der Waals surface area (Å²) in [6, 6.07) is 7.36. The fraction of sp³-hybridized carbons (Fsp3) is 0.385. The Morgan fingerprint density at radius 3 is 2.82 bits per heavy atom. The lowest BCUT2D eigenvalue weighted by Crippen LogP contribution is -2.43. The van der Waals surface area contributed by atoms with Crippen LogP contribution in [0.3, 0.4) is 0 Å². The molecular formula is C13H16N2O2. The third-order valence-corrected chi connectivity index (χ3v) is 2.79. The van der Waals surface area contributed by atoms with Gasteiger partial charge in [0.25, 0.3) is 5.91 Å². The Morgan fingerprint density at radius 2 is 2.12 bits per heavy atom. The van der Waals surface area contributed by atoms with E-state index in [1.54, 1.807) is 12.1 Å². The van der Waals surface area contributed by atoms with Crippen LogP contribution in [0.5, 0.6) is 0 Å². The molecule has 90 valence electrons. The predicted octanol–water partition coefficient (Wildman–Crippen LogP) is 1.04. The van der Waals surface area contributed by atoms with Gasteiger partial charge in [0.15, 0.2) is 0 Å². The van der Waals surface area contributed by atoms with Gasteiger partial charge in [0.2, 0.25) is 5.91 Å². The molecule has 2 rings (SSSR count). The van der Waals surface area contributed by atoms with Gasteiger partial charge in [-0.2, -0.15) is 0 Å². The minimum Gasteiger partial charge on any atom is -0.353 e. The lowest BCUT2D eigenvalue weighted by Gasteiger charge is -2.25. The lowest BCUT2D eigenvalue weighted by atomic mass is 9.89. The van der Waals surface area contributed by atoms with Crippen LogP contribution in [0.2, 0.25) is 0 Å². The first-order valence-electron chi connectivity index (χ1n) is 5.77. The first-order valence-corrected chi connectivity index (χ1v) is 5.77. The normalized spacial score (nSPS) is 18.5. The number of carbonyl (C=O) groups is 2. The molecule has 0 spiro atoms. The van der Waals surface area contributed by atoms with E-state index in [0.29, 0.717) is 12.1 Å². The zero-order valence-corrected chi connectivity index (χ0v) is 9.99. The second-order valence-corrected chi connectivity index (χ2v) is 4.51. The Balaban J connectivity index is 2.30. The summed E-state index contributed by atoms with van der Waals surface area (Å²) in [5, 5.41) is 5.62. The van der Waals surface area contributed by atoms with Crippen molar-refractivity contribution in [1.82, 2.24) is 10.6 Å². The van der Waals surface area contributed by atoms with Crippen LogP contribution in [-0.2, 0) is 4.79 Å². The Morgan fingerprint density at radius 1 is 1.41 bits per heavy atom. The summed E-state index contributed by atoms with van der Waals surface area (Å²) in [6.45, 7) is 4.21. The molecule has 0 bridgehead atoms. The standard InChI is InChI=1S/C13H16N2O2/c1-8(2)15-13(17)11-7-14-12(16)10-6-4-3-5-9(10)11/h3-6,8,11H,7H2,1-2H3,(H,14,16)(H,15,17). The van der Waals surface area contributed by atoms with E-state index in [2.05, 4.69) is 10.6 Å². The number of rotatable bonds is 2. The van der Waals surface area contributed by atoms with Crippen molar-refractivity contribution in [3.8, 4) is 0 Å². The predicted molar refractivity (Wildman–Crippen MR) is 64.8 cm³/mol. The van der Waals surface area contributed by atoms with Gasteiger partial charge in [0.1, 0.15) is 0 Å². The molecule has 17 heavy (non-hydrogen) atoms. The molecular weight excluding hydrogens is 216 g/mol. The summed E-state index contributed by atoms with van der Waals surface area (Å²) in [5.74, 6) is -0.423. The molecule has 0 saturated carbocycles. The van der Waals surface area contributed by atoms with E-state index in [1.165, 1.54) is 0 Å². The average Bonchev–Trinajstić information content (AvgIpc) is 2.29. The minimum absolute atomic E-state index is 0.0348. The number of amides is 2. The maximum absolute atomic E-state index is 12.0. The van der Waals surface area contributed by atoms with Crippen molar-refractivity contribution in [1.29, 1.82) is 0 Å². The molecule has 1 aliphatic rings. The highest BCUT2D eigenvalue weighted by molar-refractivity contribution is 6.00.